The average Bonchev–Trinajstić information content (AvgIpc) is 3.49. The molecule has 0 saturated carbocycles. The number of benzene rings is 3. The zero-order valence-electron chi connectivity index (χ0n) is 24.4. The van der Waals surface area contributed by atoms with Gasteiger partial charge in [-0.2, -0.15) is 4.68 Å². The van der Waals surface area contributed by atoms with Crippen LogP contribution in [0.25, 0.3) is 11.8 Å². The molecule has 1 fully saturated rings. The molecule has 7 nitrogen and oxygen atoms in total. The highest BCUT2D eigenvalue weighted by Crippen LogP contribution is 2.36. The van der Waals surface area contributed by atoms with Crippen molar-refractivity contribution < 1.29 is 4.74 Å². The van der Waals surface area contributed by atoms with E-state index in [-0.39, 0.29) is 12.0 Å². The molecule has 1 aromatic heterocycles. The predicted octanol–water partition coefficient (Wildman–Crippen LogP) is 6.19. The zero-order chi connectivity index (χ0) is 28.7. The number of allylic oxidation sites excluding steroid dienone is 2. The topological polar surface area (TPSA) is 59.3 Å². The minimum Gasteiger partial charge on any atom is -0.458 e. The van der Waals surface area contributed by atoms with Crippen molar-refractivity contribution >= 4 is 6.08 Å². The fourth-order valence-corrected chi connectivity index (χ4v) is 5.98. The Hall–Kier alpha value is -4.33. The van der Waals surface area contributed by atoms with Gasteiger partial charge in [0.15, 0.2) is 5.82 Å². The lowest BCUT2D eigenvalue weighted by Gasteiger charge is -2.41. The molecule has 1 saturated heterocycles. The van der Waals surface area contributed by atoms with Crippen molar-refractivity contribution in [3.05, 3.63) is 131 Å². The molecule has 2 aliphatic rings. The maximum absolute atomic E-state index is 6.13. The smallest absolute Gasteiger partial charge is 0.174 e. The summed E-state index contributed by atoms with van der Waals surface area (Å²) in [6, 6.07) is 26.8. The summed E-state index contributed by atoms with van der Waals surface area (Å²) in [7, 11) is 0. The van der Waals surface area contributed by atoms with Gasteiger partial charge in [0.25, 0.3) is 0 Å². The molecule has 1 aliphatic carbocycles. The quantitative estimate of drug-likeness (QED) is 0.244. The molecule has 2 heterocycles. The monoisotopic (exact) mass is 558 g/mol. The van der Waals surface area contributed by atoms with Crippen LogP contribution in [0.4, 0.5) is 0 Å². The number of aromatic nitrogens is 4. The molecule has 0 radical (unpaired) electrons. The van der Waals surface area contributed by atoms with E-state index in [4.69, 9.17) is 4.74 Å². The maximum Gasteiger partial charge on any atom is 0.174 e. The van der Waals surface area contributed by atoms with Crippen molar-refractivity contribution in [3.8, 4) is 11.4 Å². The summed E-state index contributed by atoms with van der Waals surface area (Å²) in [6.45, 7) is 9.09. The first-order chi connectivity index (χ1) is 20.7. The summed E-state index contributed by atoms with van der Waals surface area (Å²) in [5, 5.41) is 13.4. The van der Waals surface area contributed by atoms with Crippen LogP contribution in [-0.2, 0) is 0 Å². The Kier molecular flexibility index (Phi) is 8.68. The first-order valence-corrected chi connectivity index (χ1v) is 14.8. The molecule has 42 heavy (non-hydrogen) atoms. The molecule has 7 heteroatoms. The molecule has 2 atom stereocenters. The summed E-state index contributed by atoms with van der Waals surface area (Å²) in [5.74, 6) is 2.83. The van der Waals surface area contributed by atoms with E-state index < -0.39 is 0 Å². The highest BCUT2D eigenvalue weighted by molar-refractivity contribution is 5.49. The third-order valence-electron chi connectivity index (χ3n) is 8.17. The largest absolute Gasteiger partial charge is 0.458 e. The minimum atomic E-state index is 0.0341. The van der Waals surface area contributed by atoms with E-state index in [1.54, 1.807) is 0 Å². The summed E-state index contributed by atoms with van der Waals surface area (Å²) >= 11 is 0. The van der Waals surface area contributed by atoms with E-state index in [1.807, 2.05) is 35.0 Å². The number of nitrogens with zero attached hydrogens (tertiary/aromatic N) is 6. The van der Waals surface area contributed by atoms with Crippen molar-refractivity contribution in [2.75, 3.05) is 32.7 Å². The van der Waals surface area contributed by atoms with E-state index >= 15 is 0 Å². The Balaban J connectivity index is 1.22. The Morgan fingerprint density at radius 1 is 0.881 bits per heavy atom. The molecular formula is C35H38N6O. The summed E-state index contributed by atoms with van der Waals surface area (Å²) < 4.78 is 8.10. The van der Waals surface area contributed by atoms with Crippen LogP contribution in [0, 0.1) is 19.8 Å². The van der Waals surface area contributed by atoms with Crippen LogP contribution in [0.3, 0.4) is 0 Å². The Morgan fingerprint density at radius 3 is 2.29 bits per heavy atom. The molecule has 0 amide bonds. The normalized spacial score (nSPS) is 18.7. The molecule has 214 valence electrons. The van der Waals surface area contributed by atoms with E-state index in [0.29, 0.717) is 0 Å². The first kappa shape index (κ1) is 27.8. The average molecular weight is 559 g/mol. The van der Waals surface area contributed by atoms with Gasteiger partial charge in [0, 0.05) is 38.6 Å². The van der Waals surface area contributed by atoms with Crippen LogP contribution in [0.1, 0.15) is 35.0 Å². The molecule has 1 aliphatic heterocycles. The van der Waals surface area contributed by atoms with Gasteiger partial charge in [0.2, 0.25) is 0 Å². The lowest BCUT2D eigenvalue weighted by atomic mass is 9.89. The van der Waals surface area contributed by atoms with Crippen molar-refractivity contribution in [1.29, 1.82) is 0 Å². The number of hydrogen-bond acceptors (Lipinski definition) is 6. The van der Waals surface area contributed by atoms with Crippen LogP contribution < -0.4 is 4.74 Å². The van der Waals surface area contributed by atoms with E-state index in [1.165, 1.54) is 5.56 Å². The number of piperazine rings is 1. The van der Waals surface area contributed by atoms with Gasteiger partial charge in [0.1, 0.15) is 11.5 Å². The van der Waals surface area contributed by atoms with Crippen molar-refractivity contribution in [2.45, 2.75) is 26.3 Å². The van der Waals surface area contributed by atoms with Crippen LogP contribution in [0.2, 0.25) is 0 Å². The van der Waals surface area contributed by atoms with E-state index in [0.717, 1.165) is 73.3 Å². The van der Waals surface area contributed by atoms with Crippen molar-refractivity contribution in [2.24, 2.45) is 5.92 Å². The fourth-order valence-electron chi connectivity index (χ4n) is 5.98. The first-order valence-electron chi connectivity index (χ1n) is 14.8. The molecule has 4 aromatic rings. The van der Waals surface area contributed by atoms with Crippen LogP contribution in [-0.4, -0.2) is 62.7 Å². The molecule has 0 spiro atoms. The van der Waals surface area contributed by atoms with E-state index in [9.17, 15) is 0 Å². The summed E-state index contributed by atoms with van der Waals surface area (Å²) in [6.07, 6.45) is 11.9. The Morgan fingerprint density at radius 2 is 1.60 bits per heavy atom. The number of ether oxygens (including phenoxy) is 1. The fraction of sp³-hybridized carbons (Fsp3) is 0.286. The van der Waals surface area contributed by atoms with Gasteiger partial charge in [0.05, 0.1) is 11.7 Å². The van der Waals surface area contributed by atoms with Gasteiger partial charge in [-0.3, -0.25) is 9.80 Å². The second kappa shape index (κ2) is 13.1. The molecule has 0 N–H and O–H groups in total. The van der Waals surface area contributed by atoms with Crippen molar-refractivity contribution in [3.63, 3.8) is 0 Å². The summed E-state index contributed by atoms with van der Waals surface area (Å²) in [5.41, 5.74) is 4.63. The number of rotatable bonds is 9. The molecule has 6 rings (SSSR count). The number of aryl methyl sites for hydroxylation is 2. The van der Waals surface area contributed by atoms with Gasteiger partial charge in [-0.15, -0.1) is 5.10 Å². The molecular weight excluding hydrogens is 520 g/mol. The van der Waals surface area contributed by atoms with Gasteiger partial charge >= 0.3 is 0 Å². The van der Waals surface area contributed by atoms with Crippen LogP contribution in [0.5, 0.6) is 5.75 Å². The third kappa shape index (κ3) is 6.43. The van der Waals surface area contributed by atoms with Crippen LogP contribution in [0.15, 0.2) is 109 Å². The minimum absolute atomic E-state index is 0.0341. The molecule has 0 bridgehead atoms. The Bertz CT molecular complexity index is 1530. The molecule has 1 unspecified atom stereocenters. The SMILES string of the molecule is Cc1cccc(C)c1-n1nnnc1[C@H](C1C=CC(Oc2ccccc2)=CC1)N1CCN(C/C=C/c2ccccc2)CC1. The van der Waals surface area contributed by atoms with Crippen LogP contribution >= 0.6 is 0 Å². The lowest BCUT2D eigenvalue weighted by Crippen LogP contribution is -2.49. The standard InChI is InChI=1S/C35H38N6O/c1-27-11-9-12-28(2)33(27)41-35(36-37-38-41)34(30-18-20-32(21-19-30)42-31-16-7-4-8-17-31)40-25-23-39(24-26-40)22-10-15-29-13-5-3-6-14-29/h3-18,20-21,30,34H,19,22-26H2,1-2H3/b15-10+/t30?,34-/m0/s1. The zero-order valence-corrected chi connectivity index (χ0v) is 24.4. The highest BCUT2D eigenvalue weighted by atomic mass is 16.5. The third-order valence-corrected chi connectivity index (χ3v) is 8.17. The maximum atomic E-state index is 6.13. The lowest BCUT2D eigenvalue weighted by molar-refractivity contribution is 0.0782. The predicted molar refractivity (Wildman–Crippen MR) is 167 cm³/mol. The van der Waals surface area contributed by atoms with Crippen molar-refractivity contribution in [1.82, 2.24) is 30.0 Å². The van der Waals surface area contributed by atoms with Gasteiger partial charge in [-0.1, -0.05) is 85.0 Å². The molecule has 3 aromatic carbocycles. The second-order valence-corrected chi connectivity index (χ2v) is 11.1. The van der Waals surface area contributed by atoms with Gasteiger partial charge in [-0.05, 0) is 71.7 Å². The number of para-hydroxylation sites is 2. The number of tetrazole rings is 1. The Labute approximate surface area is 248 Å². The van der Waals surface area contributed by atoms with Gasteiger partial charge in [-0.25, -0.2) is 0 Å². The van der Waals surface area contributed by atoms with Gasteiger partial charge < -0.3 is 4.74 Å². The second-order valence-electron chi connectivity index (χ2n) is 11.1. The number of hydrogen-bond donors (Lipinski definition) is 0. The summed E-state index contributed by atoms with van der Waals surface area (Å²) in [4.78, 5) is 5.09. The van der Waals surface area contributed by atoms with E-state index in [2.05, 4.69) is 118 Å². The highest BCUT2D eigenvalue weighted by Gasteiger charge is 2.35.